The highest BCUT2D eigenvalue weighted by atomic mass is 16.6. The molecule has 7 nitrogen and oxygen atoms in total. The Morgan fingerprint density at radius 3 is 2.12 bits per heavy atom. The lowest BCUT2D eigenvalue weighted by atomic mass is 10.1. The fraction of sp³-hybridized carbons (Fsp3) is 0.167. The second-order valence-corrected chi connectivity index (χ2v) is 4.95. The topological polar surface area (TPSA) is 87.9 Å². The molecule has 0 aromatic heterocycles. The smallest absolute Gasteiger partial charge is 0.280 e. The summed E-state index contributed by atoms with van der Waals surface area (Å²) in [4.78, 5) is 22.9. The average molecular weight is 343 g/mol. The summed E-state index contributed by atoms with van der Waals surface area (Å²) in [6.45, 7) is 0. The van der Waals surface area contributed by atoms with E-state index in [1.54, 1.807) is 24.3 Å². The van der Waals surface area contributed by atoms with Crippen LogP contribution in [0, 0.1) is 10.1 Å². The van der Waals surface area contributed by atoms with Gasteiger partial charge in [-0.2, -0.15) is 0 Å². The van der Waals surface area contributed by atoms with Crippen LogP contribution in [0.3, 0.4) is 0 Å². The van der Waals surface area contributed by atoms with E-state index < -0.39 is 4.92 Å². The molecular formula is C18H17NO6. The number of rotatable bonds is 7. The van der Waals surface area contributed by atoms with E-state index in [4.69, 9.17) is 14.2 Å². The van der Waals surface area contributed by atoms with Gasteiger partial charge in [-0.1, -0.05) is 0 Å². The number of hydrogen-bond acceptors (Lipinski definition) is 6. The minimum absolute atomic E-state index is 0.184. The third-order valence-corrected chi connectivity index (χ3v) is 3.52. The van der Waals surface area contributed by atoms with Crippen molar-refractivity contribution in [1.29, 1.82) is 0 Å². The van der Waals surface area contributed by atoms with Crippen molar-refractivity contribution in [3.63, 3.8) is 0 Å². The van der Waals surface area contributed by atoms with Crippen molar-refractivity contribution in [3.05, 3.63) is 63.7 Å². The number of carbonyl (C=O) groups excluding carboxylic acids is 1. The third-order valence-electron chi connectivity index (χ3n) is 3.52. The van der Waals surface area contributed by atoms with Crippen molar-refractivity contribution in [2.24, 2.45) is 0 Å². The van der Waals surface area contributed by atoms with Gasteiger partial charge in [-0.3, -0.25) is 14.9 Å². The summed E-state index contributed by atoms with van der Waals surface area (Å²) in [5.74, 6) is 0.931. The molecule has 7 heteroatoms. The second-order valence-electron chi connectivity index (χ2n) is 4.95. The molecule has 0 atom stereocenters. The molecule has 0 spiro atoms. The zero-order chi connectivity index (χ0) is 18.4. The molecular weight excluding hydrogens is 326 g/mol. The maximum absolute atomic E-state index is 12.2. The predicted molar refractivity (Wildman–Crippen MR) is 92.6 cm³/mol. The van der Waals surface area contributed by atoms with E-state index in [0.29, 0.717) is 17.1 Å². The van der Waals surface area contributed by atoms with E-state index in [1.165, 1.54) is 45.6 Å². The van der Waals surface area contributed by atoms with Gasteiger partial charge >= 0.3 is 0 Å². The molecule has 2 rings (SSSR count). The molecule has 0 radical (unpaired) electrons. The van der Waals surface area contributed by atoms with Gasteiger partial charge in [-0.05, 0) is 42.5 Å². The van der Waals surface area contributed by atoms with Gasteiger partial charge in [0.15, 0.2) is 17.3 Å². The number of allylic oxidation sites excluding steroid dienone is 1. The first-order valence-corrected chi connectivity index (χ1v) is 7.27. The summed E-state index contributed by atoms with van der Waals surface area (Å²) in [5.41, 5.74) is 0.501. The average Bonchev–Trinajstić information content (AvgIpc) is 2.65. The molecule has 2 aromatic carbocycles. The normalized spacial score (nSPS) is 10.5. The zero-order valence-corrected chi connectivity index (χ0v) is 14.0. The van der Waals surface area contributed by atoms with Crippen molar-refractivity contribution < 1.29 is 23.9 Å². The first kappa shape index (κ1) is 18.0. The van der Waals surface area contributed by atoms with E-state index in [1.807, 2.05) is 0 Å². The van der Waals surface area contributed by atoms with Crippen LogP contribution in [-0.4, -0.2) is 32.0 Å². The Kier molecular flexibility index (Phi) is 5.73. The fourth-order valence-corrected chi connectivity index (χ4v) is 2.19. The maximum atomic E-state index is 12.2. The van der Waals surface area contributed by atoms with Crippen LogP contribution in [0.2, 0.25) is 0 Å². The predicted octanol–water partition coefficient (Wildman–Crippen LogP) is 3.52. The minimum Gasteiger partial charge on any atom is -0.497 e. The number of nitro benzene ring substituents is 1. The molecule has 0 amide bonds. The number of ether oxygens (including phenoxy) is 3. The number of benzene rings is 2. The summed E-state index contributed by atoms with van der Waals surface area (Å²) in [6, 6.07) is 9.29. The highest BCUT2D eigenvalue weighted by molar-refractivity contribution is 6.07. The molecule has 0 unspecified atom stereocenters. The van der Waals surface area contributed by atoms with Gasteiger partial charge in [-0.25, -0.2) is 0 Å². The Balaban J connectivity index is 2.35. The van der Waals surface area contributed by atoms with Gasteiger partial charge in [0.1, 0.15) is 5.75 Å². The number of methoxy groups -OCH3 is 3. The van der Waals surface area contributed by atoms with Crippen LogP contribution < -0.4 is 14.2 Å². The van der Waals surface area contributed by atoms with E-state index in [2.05, 4.69) is 0 Å². The van der Waals surface area contributed by atoms with Crippen LogP contribution in [0.5, 0.6) is 17.2 Å². The van der Waals surface area contributed by atoms with E-state index in [0.717, 1.165) is 0 Å². The van der Waals surface area contributed by atoms with Crippen LogP contribution in [0.15, 0.2) is 42.5 Å². The van der Waals surface area contributed by atoms with Crippen LogP contribution >= 0.6 is 0 Å². The monoisotopic (exact) mass is 343 g/mol. The molecule has 2 aromatic rings. The number of carbonyl (C=O) groups is 1. The lowest BCUT2D eigenvalue weighted by Crippen LogP contribution is -1.98. The Labute approximate surface area is 144 Å². The maximum Gasteiger partial charge on any atom is 0.280 e. The Morgan fingerprint density at radius 1 is 1.00 bits per heavy atom. The van der Waals surface area contributed by atoms with Crippen LogP contribution in [0.1, 0.15) is 15.9 Å². The summed E-state index contributed by atoms with van der Waals surface area (Å²) < 4.78 is 15.3. The standard InChI is InChI=1S/C18H17NO6/c1-23-14-7-4-12(5-8-14)16(20)9-6-13-10-17(24-2)18(25-3)11-15(13)19(21)22/h4-11H,1-3H3. The van der Waals surface area contributed by atoms with E-state index in [9.17, 15) is 14.9 Å². The van der Waals surface area contributed by atoms with Crippen molar-refractivity contribution in [2.75, 3.05) is 21.3 Å². The molecule has 0 fully saturated rings. The second kappa shape index (κ2) is 7.96. The third kappa shape index (κ3) is 4.14. The lowest BCUT2D eigenvalue weighted by molar-refractivity contribution is -0.385. The largest absolute Gasteiger partial charge is 0.497 e. The van der Waals surface area contributed by atoms with Crippen LogP contribution in [0.4, 0.5) is 5.69 Å². The van der Waals surface area contributed by atoms with Gasteiger partial charge < -0.3 is 14.2 Å². The quantitative estimate of drug-likeness (QED) is 0.331. The molecule has 0 saturated heterocycles. The zero-order valence-electron chi connectivity index (χ0n) is 14.0. The minimum atomic E-state index is -0.542. The van der Waals surface area contributed by atoms with E-state index in [-0.39, 0.29) is 22.8 Å². The van der Waals surface area contributed by atoms with Crippen molar-refractivity contribution >= 4 is 17.5 Å². The molecule has 0 bridgehead atoms. The SMILES string of the molecule is COc1ccc(C(=O)C=Cc2cc(OC)c(OC)cc2[N+](=O)[O-])cc1. The Hall–Kier alpha value is -3.35. The molecule has 0 N–H and O–H groups in total. The molecule has 0 aliphatic carbocycles. The van der Waals surface area contributed by atoms with Gasteiger partial charge in [0.05, 0.1) is 37.9 Å². The van der Waals surface area contributed by atoms with Crippen molar-refractivity contribution in [3.8, 4) is 17.2 Å². The summed E-state index contributed by atoms with van der Waals surface area (Å²) in [6.07, 6.45) is 2.66. The van der Waals surface area contributed by atoms with Gasteiger partial charge in [0.25, 0.3) is 5.69 Å². The number of nitro groups is 1. The highest BCUT2D eigenvalue weighted by Crippen LogP contribution is 2.35. The molecule has 0 aliphatic rings. The Bertz CT molecular complexity index is 811. The molecule has 130 valence electrons. The summed E-state index contributed by atoms with van der Waals surface area (Å²) >= 11 is 0. The first-order chi connectivity index (χ1) is 12.0. The molecule has 0 aliphatic heterocycles. The van der Waals surface area contributed by atoms with Crippen molar-refractivity contribution in [2.45, 2.75) is 0 Å². The van der Waals surface area contributed by atoms with E-state index >= 15 is 0 Å². The molecule has 25 heavy (non-hydrogen) atoms. The molecule has 0 saturated carbocycles. The molecule has 0 heterocycles. The Morgan fingerprint density at radius 2 is 1.60 bits per heavy atom. The first-order valence-electron chi connectivity index (χ1n) is 7.27. The number of hydrogen-bond donors (Lipinski definition) is 0. The van der Waals surface area contributed by atoms with Crippen molar-refractivity contribution in [1.82, 2.24) is 0 Å². The van der Waals surface area contributed by atoms with Crippen LogP contribution in [-0.2, 0) is 0 Å². The lowest BCUT2D eigenvalue weighted by Gasteiger charge is -2.08. The summed E-state index contributed by atoms with van der Waals surface area (Å²) in [7, 11) is 4.36. The number of ketones is 1. The fourth-order valence-electron chi connectivity index (χ4n) is 2.19. The highest BCUT2D eigenvalue weighted by Gasteiger charge is 2.18. The number of nitrogens with zero attached hydrogens (tertiary/aromatic N) is 1. The van der Waals surface area contributed by atoms with Crippen LogP contribution in [0.25, 0.3) is 6.08 Å². The van der Waals surface area contributed by atoms with Gasteiger partial charge in [0, 0.05) is 5.56 Å². The summed E-state index contributed by atoms with van der Waals surface area (Å²) in [5, 5.41) is 11.3. The van der Waals surface area contributed by atoms with Gasteiger partial charge in [-0.15, -0.1) is 0 Å². The van der Waals surface area contributed by atoms with Gasteiger partial charge in [0.2, 0.25) is 0 Å².